The SMILES string of the molecule is CCC(CC)(CCO)CNC(=O)/C=C/c1ccnc2ccccc12. The summed E-state index contributed by atoms with van der Waals surface area (Å²) in [6, 6.07) is 9.78. The first kappa shape index (κ1) is 18.1. The first-order chi connectivity index (χ1) is 11.6. The molecule has 0 unspecified atom stereocenters. The number of carbonyl (C=O) groups is 1. The van der Waals surface area contributed by atoms with Crippen molar-refractivity contribution in [3.05, 3.63) is 48.2 Å². The molecule has 0 saturated carbocycles. The van der Waals surface area contributed by atoms with Gasteiger partial charge in [-0.25, -0.2) is 0 Å². The summed E-state index contributed by atoms with van der Waals surface area (Å²) >= 11 is 0. The summed E-state index contributed by atoms with van der Waals surface area (Å²) in [6.45, 7) is 4.94. The summed E-state index contributed by atoms with van der Waals surface area (Å²) in [4.78, 5) is 16.5. The van der Waals surface area contributed by atoms with E-state index in [9.17, 15) is 9.90 Å². The van der Waals surface area contributed by atoms with Gasteiger partial charge in [0.25, 0.3) is 0 Å². The number of benzene rings is 1. The molecule has 0 aliphatic rings. The Kier molecular flexibility index (Phi) is 6.50. The van der Waals surface area contributed by atoms with Gasteiger partial charge in [0.15, 0.2) is 0 Å². The zero-order valence-electron chi connectivity index (χ0n) is 14.5. The van der Waals surface area contributed by atoms with Crippen LogP contribution in [0, 0.1) is 5.41 Å². The van der Waals surface area contributed by atoms with Crippen LogP contribution in [0.15, 0.2) is 42.6 Å². The van der Waals surface area contributed by atoms with Gasteiger partial charge in [0.2, 0.25) is 5.91 Å². The molecule has 24 heavy (non-hydrogen) atoms. The van der Waals surface area contributed by atoms with Crippen LogP contribution in [-0.4, -0.2) is 29.1 Å². The van der Waals surface area contributed by atoms with Crippen LogP contribution in [0.5, 0.6) is 0 Å². The molecule has 4 heteroatoms. The number of aromatic nitrogens is 1. The van der Waals surface area contributed by atoms with Gasteiger partial charge in [-0.1, -0.05) is 32.0 Å². The normalized spacial score (nSPS) is 12.0. The van der Waals surface area contributed by atoms with Gasteiger partial charge in [-0.2, -0.15) is 0 Å². The van der Waals surface area contributed by atoms with E-state index in [0.29, 0.717) is 13.0 Å². The van der Waals surface area contributed by atoms with E-state index in [1.165, 1.54) is 0 Å². The van der Waals surface area contributed by atoms with Crippen molar-refractivity contribution in [3.63, 3.8) is 0 Å². The zero-order valence-corrected chi connectivity index (χ0v) is 14.5. The minimum absolute atomic E-state index is 0.0262. The number of carbonyl (C=O) groups excluding carboxylic acids is 1. The van der Waals surface area contributed by atoms with E-state index in [0.717, 1.165) is 29.3 Å². The highest BCUT2D eigenvalue weighted by atomic mass is 16.3. The Morgan fingerprint density at radius 3 is 2.71 bits per heavy atom. The van der Waals surface area contributed by atoms with E-state index in [-0.39, 0.29) is 17.9 Å². The Morgan fingerprint density at radius 2 is 2.00 bits per heavy atom. The molecular formula is C20H26N2O2. The molecule has 1 aromatic carbocycles. The van der Waals surface area contributed by atoms with Gasteiger partial charge >= 0.3 is 0 Å². The summed E-state index contributed by atoms with van der Waals surface area (Å²) in [7, 11) is 0. The standard InChI is InChI=1S/C20H26N2O2/c1-3-20(4-2,12-14-23)15-22-19(24)10-9-16-11-13-21-18-8-6-5-7-17(16)18/h5-11,13,23H,3-4,12,14-15H2,1-2H3,(H,22,24)/b10-9+. The predicted molar refractivity (Wildman–Crippen MR) is 98.5 cm³/mol. The lowest BCUT2D eigenvalue weighted by Gasteiger charge is -2.31. The van der Waals surface area contributed by atoms with E-state index in [4.69, 9.17) is 0 Å². The van der Waals surface area contributed by atoms with Gasteiger partial charge in [-0.3, -0.25) is 9.78 Å². The molecule has 4 nitrogen and oxygen atoms in total. The van der Waals surface area contributed by atoms with Crippen molar-refractivity contribution in [2.75, 3.05) is 13.2 Å². The average Bonchev–Trinajstić information content (AvgIpc) is 2.63. The fourth-order valence-electron chi connectivity index (χ4n) is 2.94. The predicted octanol–water partition coefficient (Wildman–Crippen LogP) is 3.55. The molecule has 1 amide bonds. The number of aliphatic hydroxyl groups excluding tert-OH is 1. The highest BCUT2D eigenvalue weighted by Gasteiger charge is 2.25. The third-order valence-corrected chi connectivity index (χ3v) is 4.88. The van der Waals surface area contributed by atoms with Gasteiger partial charge < -0.3 is 10.4 Å². The van der Waals surface area contributed by atoms with Crippen LogP contribution >= 0.6 is 0 Å². The monoisotopic (exact) mass is 326 g/mol. The molecular weight excluding hydrogens is 300 g/mol. The molecule has 2 N–H and O–H groups in total. The van der Waals surface area contributed by atoms with E-state index < -0.39 is 0 Å². The number of amides is 1. The lowest BCUT2D eigenvalue weighted by atomic mass is 9.79. The minimum atomic E-state index is -0.111. The molecule has 0 fully saturated rings. The largest absolute Gasteiger partial charge is 0.396 e. The maximum absolute atomic E-state index is 12.2. The first-order valence-electron chi connectivity index (χ1n) is 8.54. The molecule has 2 rings (SSSR count). The fourth-order valence-corrected chi connectivity index (χ4v) is 2.94. The van der Waals surface area contributed by atoms with E-state index in [1.807, 2.05) is 36.4 Å². The van der Waals surface area contributed by atoms with Gasteiger partial charge in [0, 0.05) is 30.8 Å². The van der Waals surface area contributed by atoms with Crippen LogP contribution in [0.25, 0.3) is 17.0 Å². The Bertz CT molecular complexity index is 700. The third-order valence-electron chi connectivity index (χ3n) is 4.88. The molecule has 0 radical (unpaired) electrons. The summed E-state index contributed by atoms with van der Waals surface area (Å²) in [5.41, 5.74) is 1.86. The highest BCUT2D eigenvalue weighted by molar-refractivity contribution is 5.95. The van der Waals surface area contributed by atoms with E-state index in [2.05, 4.69) is 24.1 Å². The number of nitrogens with zero attached hydrogens (tertiary/aromatic N) is 1. The summed E-state index contributed by atoms with van der Waals surface area (Å²) in [6.07, 6.45) is 7.72. The van der Waals surface area contributed by atoms with Gasteiger partial charge in [0.1, 0.15) is 0 Å². The summed E-state index contributed by atoms with van der Waals surface area (Å²) in [5, 5.41) is 13.3. The van der Waals surface area contributed by atoms with Crippen molar-refractivity contribution in [2.45, 2.75) is 33.1 Å². The summed E-state index contributed by atoms with van der Waals surface area (Å²) < 4.78 is 0. The summed E-state index contributed by atoms with van der Waals surface area (Å²) in [5.74, 6) is -0.111. The number of rotatable bonds is 8. The Labute approximate surface area is 143 Å². The number of nitrogens with one attached hydrogen (secondary N) is 1. The lowest BCUT2D eigenvalue weighted by molar-refractivity contribution is -0.117. The van der Waals surface area contributed by atoms with E-state index in [1.54, 1.807) is 12.3 Å². The molecule has 0 atom stereocenters. The van der Waals surface area contributed by atoms with Crippen molar-refractivity contribution in [2.24, 2.45) is 5.41 Å². The zero-order chi connectivity index (χ0) is 17.4. The Balaban J connectivity index is 2.05. The van der Waals surface area contributed by atoms with Crippen LogP contribution < -0.4 is 5.32 Å². The maximum atomic E-state index is 12.2. The molecule has 1 aromatic heterocycles. The van der Waals surface area contributed by atoms with Crippen LogP contribution in [0.2, 0.25) is 0 Å². The fraction of sp³-hybridized carbons (Fsp3) is 0.400. The van der Waals surface area contributed by atoms with Crippen molar-refractivity contribution in [1.82, 2.24) is 10.3 Å². The van der Waals surface area contributed by atoms with Crippen molar-refractivity contribution in [1.29, 1.82) is 0 Å². The van der Waals surface area contributed by atoms with Crippen molar-refractivity contribution < 1.29 is 9.90 Å². The second-order valence-electron chi connectivity index (χ2n) is 6.15. The average molecular weight is 326 g/mol. The van der Waals surface area contributed by atoms with Gasteiger partial charge in [-0.05, 0) is 48.4 Å². The smallest absolute Gasteiger partial charge is 0.244 e. The third kappa shape index (κ3) is 4.42. The second-order valence-corrected chi connectivity index (χ2v) is 6.15. The van der Waals surface area contributed by atoms with Crippen LogP contribution in [0.4, 0.5) is 0 Å². The van der Waals surface area contributed by atoms with Crippen LogP contribution in [0.1, 0.15) is 38.7 Å². The quantitative estimate of drug-likeness (QED) is 0.729. The number of hydrogen-bond donors (Lipinski definition) is 2. The minimum Gasteiger partial charge on any atom is -0.396 e. The molecule has 1 heterocycles. The highest BCUT2D eigenvalue weighted by Crippen LogP contribution is 2.29. The molecule has 128 valence electrons. The van der Waals surface area contributed by atoms with Crippen molar-refractivity contribution >= 4 is 22.9 Å². The first-order valence-corrected chi connectivity index (χ1v) is 8.54. The van der Waals surface area contributed by atoms with Crippen molar-refractivity contribution in [3.8, 4) is 0 Å². The molecule has 2 aromatic rings. The topological polar surface area (TPSA) is 62.2 Å². The molecule has 0 saturated heterocycles. The molecule has 0 spiro atoms. The number of aliphatic hydroxyl groups is 1. The molecule has 0 aliphatic carbocycles. The lowest BCUT2D eigenvalue weighted by Crippen LogP contribution is -2.36. The maximum Gasteiger partial charge on any atom is 0.244 e. The van der Waals surface area contributed by atoms with Gasteiger partial charge in [-0.15, -0.1) is 0 Å². The molecule has 0 bridgehead atoms. The Morgan fingerprint density at radius 1 is 1.25 bits per heavy atom. The number of para-hydroxylation sites is 1. The second kappa shape index (κ2) is 8.60. The molecule has 0 aliphatic heterocycles. The number of hydrogen-bond acceptors (Lipinski definition) is 3. The van der Waals surface area contributed by atoms with E-state index >= 15 is 0 Å². The van der Waals surface area contributed by atoms with Crippen LogP contribution in [-0.2, 0) is 4.79 Å². The van der Waals surface area contributed by atoms with Gasteiger partial charge in [0.05, 0.1) is 5.52 Å². The number of pyridine rings is 1. The Hall–Kier alpha value is -2.20. The van der Waals surface area contributed by atoms with Crippen LogP contribution in [0.3, 0.4) is 0 Å². The number of fused-ring (bicyclic) bond motifs is 1.